The zero-order valence-corrected chi connectivity index (χ0v) is 57.8. The summed E-state index contributed by atoms with van der Waals surface area (Å²) in [6.45, 7) is 0. The number of aromatic nitrogens is 3. The molecule has 0 atom stereocenters. The molecule has 6 fully saturated rings. The van der Waals surface area contributed by atoms with E-state index in [4.69, 9.17) is 54.4 Å². The number of pyridine rings is 1. The van der Waals surface area contributed by atoms with Gasteiger partial charge in [0.25, 0.3) is 0 Å². The van der Waals surface area contributed by atoms with Gasteiger partial charge in [-0.15, -0.1) is 0 Å². The monoisotopic (exact) mass is 1360 g/mol. The van der Waals surface area contributed by atoms with Gasteiger partial charge in [-0.1, -0.05) is 285 Å². The van der Waals surface area contributed by atoms with Gasteiger partial charge in [0, 0.05) is 63.9 Å². The lowest BCUT2D eigenvalue weighted by atomic mass is 10.2. The van der Waals surface area contributed by atoms with Gasteiger partial charge in [-0.05, 0) is 30.3 Å². The minimum atomic E-state index is -5.43. The number of fused-ring (bicyclic) bond motifs is 6. The normalized spacial score (nSPS) is 27.8. The zero-order chi connectivity index (χ0) is 62.2. The van der Waals surface area contributed by atoms with Gasteiger partial charge in [0.15, 0.2) is 0 Å². The molecule has 0 saturated carbocycles. The van der Waals surface area contributed by atoms with Crippen LogP contribution in [-0.4, -0.2) is 84.6 Å². The molecule has 20 rings (SSSR count). The first-order valence-electron chi connectivity index (χ1n) is 31.0. The Kier molecular flexibility index (Phi) is 13.0. The quantitative estimate of drug-likeness (QED) is 0.121. The summed E-state index contributed by atoms with van der Waals surface area (Å²) >= 11 is 0. The van der Waals surface area contributed by atoms with E-state index in [0.29, 0.717) is 47.8 Å². The number of para-hydroxylation sites is 4. The van der Waals surface area contributed by atoms with Crippen LogP contribution in [0.15, 0.2) is 322 Å². The van der Waals surface area contributed by atoms with Crippen LogP contribution >= 0.6 is 0 Å². The first-order valence-corrected chi connectivity index (χ1v) is 44.8. The van der Waals surface area contributed by atoms with Gasteiger partial charge in [-0.3, -0.25) is 4.57 Å². The van der Waals surface area contributed by atoms with E-state index in [1.54, 1.807) is 0 Å². The minimum absolute atomic E-state index is 0.241. The number of hydrogen-bond donors (Lipinski definition) is 0. The summed E-state index contributed by atoms with van der Waals surface area (Å²) in [6.07, 6.45) is 0. The standard InChI is InChI=1S/C71H53N3O12Si8/c1-8-30-55(31-9-1)87-75-88(56-32-10-2-11-33-56)78-91(59-38-16-5-17-39-59)80-89(76-87,57-34-12-3-13-35-57)82-93(61-42-20-7-21-43-61)83-90(77-87,58-36-14-4-15-37-58)81-92(79-88,60-40-18-6-19-41-60)85-94(84-91,86-93)71-53-54(73-66-48-26-22-44-62(66)63-45-23-27-49-67(63)73)52-70(72-71)74-68-50-28-24-46-64(68)65-47-25-29-51-69(65)74/h1-53H. The predicted octanol–water partition coefficient (Wildman–Crippen LogP) is 8.61. The topological polar surface area (TPSA) is 134 Å². The fraction of sp³-hybridized carbons (Fsp3) is 0. The van der Waals surface area contributed by atoms with E-state index < -0.39 is 70.4 Å². The molecular weight excluding hydrogens is 1310 g/mol. The number of hydrogen-bond acceptors (Lipinski definition) is 13. The number of benzene rings is 11. The third kappa shape index (κ3) is 8.69. The summed E-state index contributed by atoms with van der Waals surface area (Å²) in [4.78, 5) is 6.02. The van der Waals surface area contributed by atoms with Crippen LogP contribution in [0.4, 0.5) is 0 Å². The highest BCUT2D eigenvalue weighted by atomic mass is 28.6. The highest BCUT2D eigenvalue weighted by Crippen LogP contribution is 2.49. The summed E-state index contributed by atoms with van der Waals surface area (Å²) in [5.41, 5.74) is 4.43. The van der Waals surface area contributed by atoms with E-state index in [-0.39, 0.29) is 5.32 Å². The molecule has 6 aliphatic heterocycles. The summed E-state index contributed by atoms with van der Waals surface area (Å²) in [5.74, 6) is 0.520. The molecule has 14 aromatic rings. The Bertz CT molecular complexity index is 4730. The maximum absolute atomic E-state index is 8.72. The van der Waals surface area contributed by atoms with Crippen LogP contribution in [-0.2, 0) is 49.4 Å². The Morgan fingerprint density at radius 2 is 0.404 bits per heavy atom. The Morgan fingerprint density at radius 3 is 0.649 bits per heavy atom. The molecule has 456 valence electrons. The highest BCUT2D eigenvalue weighted by molar-refractivity contribution is 7.14. The molecule has 94 heavy (non-hydrogen) atoms. The second-order valence-electron chi connectivity index (χ2n) is 23.5. The Balaban J connectivity index is 1.02. The molecule has 9 heterocycles. The molecule has 23 heteroatoms. The molecule has 11 aromatic carbocycles. The van der Waals surface area contributed by atoms with Crippen molar-refractivity contribution < 1.29 is 49.4 Å². The van der Waals surface area contributed by atoms with E-state index in [1.165, 1.54) is 0 Å². The van der Waals surface area contributed by atoms with Gasteiger partial charge in [-0.25, -0.2) is 4.98 Å². The largest absolute Gasteiger partial charge is 0.535 e. The number of nitrogens with zero attached hydrogens (tertiary/aromatic N) is 3. The molecule has 0 unspecified atom stereocenters. The van der Waals surface area contributed by atoms with Crippen molar-refractivity contribution in [3.8, 4) is 11.5 Å². The van der Waals surface area contributed by atoms with Gasteiger partial charge in [0.05, 0.1) is 27.8 Å². The minimum Gasteiger partial charge on any atom is -0.366 e. The first-order chi connectivity index (χ1) is 46.2. The fourth-order valence-corrected chi connectivity index (χ4v) is 59.7. The SMILES string of the molecule is c1ccc([Si]23O[Si]4(c5ccccc5)O[Si]5(c6ccccc6)O[Si](c6ccccc6)(O2)O[Si]2(c6ccccc6)O[Si](c6ccccc6)(O3)O[Si](c3ccccc3)(O4)O[Si](c3cc(-n4c6ccccc6c6ccccc64)cc(-n4c6ccccc6c6ccccc64)n3)(O5)O2)cc1. The van der Waals surface area contributed by atoms with Crippen molar-refractivity contribution in [1.29, 1.82) is 0 Å². The molecule has 0 N–H and O–H groups in total. The van der Waals surface area contributed by atoms with Gasteiger partial charge >= 0.3 is 70.4 Å². The van der Waals surface area contributed by atoms with Crippen molar-refractivity contribution in [2.45, 2.75) is 0 Å². The molecule has 0 aliphatic carbocycles. The Labute approximate surface area is 548 Å². The van der Waals surface area contributed by atoms with Gasteiger partial charge in [-0.2, -0.15) is 0 Å². The zero-order valence-electron chi connectivity index (χ0n) is 49.8. The van der Waals surface area contributed by atoms with Crippen LogP contribution < -0.4 is 41.6 Å². The second-order valence-corrected chi connectivity index (χ2v) is 46.8. The average molecular weight is 1360 g/mol. The van der Waals surface area contributed by atoms with Crippen LogP contribution in [0, 0.1) is 0 Å². The van der Waals surface area contributed by atoms with Crippen molar-refractivity contribution in [2.75, 3.05) is 0 Å². The number of rotatable bonds is 10. The second kappa shape index (κ2) is 21.5. The molecular formula is C71H53N3O12Si8. The van der Waals surface area contributed by atoms with E-state index >= 15 is 0 Å². The smallest absolute Gasteiger partial charge is 0.366 e. The molecule has 3 aromatic heterocycles. The third-order valence-electron chi connectivity index (χ3n) is 17.9. The maximum atomic E-state index is 8.72. The van der Waals surface area contributed by atoms with Crippen molar-refractivity contribution >= 4 is 156 Å². The van der Waals surface area contributed by atoms with E-state index in [9.17, 15) is 0 Å². The van der Waals surface area contributed by atoms with E-state index in [2.05, 4.69) is 112 Å². The van der Waals surface area contributed by atoms with Gasteiger partial charge in [0.1, 0.15) is 11.1 Å². The molecule has 15 nitrogen and oxygen atoms in total. The van der Waals surface area contributed by atoms with Crippen LogP contribution in [0.1, 0.15) is 0 Å². The van der Waals surface area contributed by atoms with Crippen molar-refractivity contribution in [2.24, 2.45) is 0 Å². The lowest BCUT2D eigenvalue weighted by Crippen LogP contribution is -2.96. The molecule has 0 radical (unpaired) electrons. The lowest BCUT2D eigenvalue weighted by Gasteiger charge is -2.62. The molecule has 0 amide bonds. The van der Waals surface area contributed by atoms with Crippen LogP contribution in [0.3, 0.4) is 0 Å². The molecule has 6 aliphatic rings. The van der Waals surface area contributed by atoms with Gasteiger partial charge in [0.2, 0.25) is 0 Å². The van der Waals surface area contributed by atoms with Crippen LogP contribution in [0.25, 0.3) is 55.1 Å². The summed E-state index contributed by atoms with van der Waals surface area (Å²) in [5, 5.41) is 8.03. The lowest BCUT2D eigenvalue weighted by molar-refractivity contribution is -0.00321. The fourth-order valence-electron chi connectivity index (χ4n) is 13.8. The molecule has 6 saturated heterocycles. The Hall–Kier alpha value is -8.57. The van der Waals surface area contributed by atoms with E-state index in [0.717, 1.165) is 43.6 Å². The highest BCUT2D eigenvalue weighted by Gasteiger charge is 2.86. The van der Waals surface area contributed by atoms with Crippen LogP contribution in [0.5, 0.6) is 0 Å². The first kappa shape index (κ1) is 56.9. The van der Waals surface area contributed by atoms with E-state index in [1.807, 2.05) is 218 Å². The van der Waals surface area contributed by atoms with Crippen molar-refractivity contribution in [1.82, 2.24) is 14.1 Å². The molecule has 8 bridgehead atoms. The third-order valence-corrected chi connectivity index (χ3v) is 51.8. The summed E-state index contributed by atoms with van der Waals surface area (Å²) in [7, 11) is -40.7. The van der Waals surface area contributed by atoms with Crippen molar-refractivity contribution in [3.05, 3.63) is 322 Å². The summed E-state index contributed by atoms with van der Waals surface area (Å²) in [6, 6.07) is 105. The Morgan fingerprint density at radius 1 is 0.202 bits per heavy atom. The molecule has 0 spiro atoms. The maximum Gasteiger partial charge on any atom is 0.535 e. The summed E-state index contributed by atoms with van der Waals surface area (Å²) < 4.78 is 107. The average Bonchev–Trinajstić information content (AvgIpc) is 0.928. The predicted molar refractivity (Wildman–Crippen MR) is 374 cm³/mol. The van der Waals surface area contributed by atoms with Gasteiger partial charge < -0.3 is 53.9 Å². The van der Waals surface area contributed by atoms with Crippen molar-refractivity contribution in [3.63, 3.8) is 0 Å². The van der Waals surface area contributed by atoms with Crippen LogP contribution in [0.2, 0.25) is 0 Å².